The maximum Gasteiger partial charge on any atom is 0.230 e. The summed E-state index contributed by atoms with van der Waals surface area (Å²) < 4.78 is 28.8. The first-order valence-corrected chi connectivity index (χ1v) is 9.75. The number of fused-ring (bicyclic) bond motifs is 1. The second-order valence-electron chi connectivity index (χ2n) is 5.73. The first kappa shape index (κ1) is 20.6. The van der Waals surface area contributed by atoms with Gasteiger partial charge in [0.05, 0.1) is 24.1 Å². The number of hydrogen-bond donors (Lipinski definition) is 0. The minimum absolute atomic E-state index is 0.393. The van der Waals surface area contributed by atoms with E-state index in [-0.39, 0.29) is 0 Å². The molecule has 0 unspecified atom stereocenters. The molecule has 0 aliphatic rings. The molecule has 0 bridgehead atoms. The molecule has 1 aromatic heterocycles. The average Bonchev–Trinajstić information content (AvgIpc) is 2.70. The Hall–Kier alpha value is -2.17. The van der Waals surface area contributed by atoms with Crippen LogP contribution in [-0.2, 0) is 9.47 Å². The number of ether oxygens (including phenoxy) is 5. The Morgan fingerprint density at radius 1 is 0.821 bits per heavy atom. The summed E-state index contributed by atoms with van der Waals surface area (Å²) in [4.78, 5) is 8.63. The fourth-order valence-electron chi connectivity index (χ4n) is 2.43. The fraction of sp³-hybridized carbons (Fsp3) is 0.300. The number of halogens is 1. The summed E-state index contributed by atoms with van der Waals surface area (Å²) in [5, 5.41) is 0.729. The Morgan fingerprint density at radius 3 is 2.11 bits per heavy atom. The molecular formula is C20H21IN2O5. The van der Waals surface area contributed by atoms with Crippen LogP contribution >= 0.6 is 22.6 Å². The van der Waals surface area contributed by atoms with Gasteiger partial charge in [0.2, 0.25) is 5.88 Å². The van der Waals surface area contributed by atoms with Crippen LogP contribution in [0.15, 0.2) is 42.7 Å². The number of aromatic nitrogens is 2. The summed E-state index contributed by atoms with van der Waals surface area (Å²) in [7, 11) is 3.25. The number of benzene rings is 2. The molecule has 0 saturated heterocycles. The van der Waals surface area contributed by atoms with Crippen LogP contribution in [0, 0.1) is 3.57 Å². The molecule has 0 aliphatic carbocycles. The van der Waals surface area contributed by atoms with Crippen molar-refractivity contribution in [1.29, 1.82) is 0 Å². The van der Waals surface area contributed by atoms with E-state index < -0.39 is 0 Å². The van der Waals surface area contributed by atoms with Crippen molar-refractivity contribution in [2.24, 2.45) is 0 Å². The Kier molecular flexibility index (Phi) is 7.63. The number of hydrogen-bond acceptors (Lipinski definition) is 7. The molecule has 0 atom stereocenters. The third kappa shape index (κ3) is 5.43. The van der Waals surface area contributed by atoms with E-state index >= 15 is 0 Å². The van der Waals surface area contributed by atoms with Gasteiger partial charge in [0, 0.05) is 23.9 Å². The van der Waals surface area contributed by atoms with Crippen LogP contribution in [0.5, 0.6) is 23.1 Å². The molecule has 0 amide bonds. The molecule has 3 rings (SSSR count). The van der Waals surface area contributed by atoms with Gasteiger partial charge in [-0.15, -0.1) is 0 Å². The minimum atomic E-state index is 0.393. The van der Waals surface area contributed by atoms with Crippen LogP contribution in [-0.4, -0.2) is 50.6 Å². The highest BCUT2D eigenvalue weighted by Crippen LogP contribution is 2.36. The molecule has 2 aromatic carbocycles. The smallest absolute Gasteiger partial charge is 0.230 e. The summed E-state index contributed by atoms with van der Waals surface area (Å²) in [6.45, 7) is 1.73. The van der Waals surface area contributed by atoms with Crippen molar-refractivity contribution in [3.63, 3.8) is 0 Å². The van der Waals surface area contributed by atoms with Crippen LogP contribution in [0.2, 0.25) is 0 Å². The lowest BCUT2D eigenvalue weighted by molar-refractivity contribution is 0.132. The summed E-state index contributed by atoms with van der Waals surface area (Å²) in [6, 6.07) is 11.4. The van der Waals surface area contributed by atoms with Gasteiger partial charge >= 0.3 is 0 Å². The summed E-state index contributed by atoms with van der Waals surface area (Å²) in [5.41, 5.74) is 0.696. The van der Waals surface area contributed by atoms with Crippen LogP contribution in [0.1, 0.15) is 0 Å². The van der Waals surface area contributed by atoms with E-state index in [0.717, 1.165) is 8.96 Å². The Bertz CT molecular complexity index is 905. The third-order valence-corrected chi connectivity index (χ3v) is 4.50. The van der Waals surface area contributed by atoms with Crippen LogP contribution in [0.25, 0.3) is 10.9 Å². The predicted octanol–water partition coefficient (Wildman–Crippen LogP) is 4.08. The zero-order chi connectivity index (χ0) is 19.8. The van der Waals surface area contributed by atoms with E-state index in [9.17, 15) is 0 Å². The van der Waals surface area contributed by atoms with Crippen molar-refractivity contribution in [3.05, 3.63) is 46.3 Å². The van der Waals surface area contributed by atoms with E-state index in [4.69, 9.17) is 23.7 Å². The topological polar surface area (TPSA) is 71.9 Å². The lowest BCUT2D eigenvalue weighted by atomic mass is 10.2. The molecule has 28 heavy (non-hydrogen) atoms. The van der Waals surface area contributed by atoms with Gasteiger partial charge in [0.1, 0.15) is 25.3 Å². The number of nitrogens with zero attached hydrogens (tertiary/aromatic N) is 2. The van der Waals surface area contributed by atoms with Crippen molar-refractivity contribution in [2.45, 2.75) is 0 Å². The molecule has 148 valence electrons. The average molecular weight is 496 g/mol. The second kappa shape index (κ2) is 10.4. The van der Waals surface area contributed by atoms with Gasteiger partial charge in [-0.25, -0.2) is 9.97 Å². The van der Waals surface area contributed by atoms with Gasteiger partial charge in [-0.3, -0.25) is 0 Å². The monoisotopic (exact) mass is 496 g/mol. The largest absolute Gasteiger partial charge is 0.487 e. The lowest BCUT2D eigenvalue weighted by Crippen LogP contribution is -2.08. The van der Waals surface area contributed by atoms with Gasteiger partial charge in [-0.05, 0) is 52.9 Å². The van der Waals surface area contributed by atoms with Crippen molar-refractivity contribution in [3.8, 4) is 23.1 Å². The Morgan fingerprint density at radius 2 is 1.46 bits per heavy atom. The zero-order valence-electron chi connectivity index (χ0n) is 15.7. The summed E-state index contributed by atoms with van der Waals surface area (Å²) >= 11 is 2.25. The highest BCUT2D eigenvalue weighted by molar-refractivity contribution is 14.1. The van der Waals surface area contributed by atoms with Gasteiger partial charge in [0.15, 0.2) is 11.5 Å². The highest BCUT2D eigenvalue weighted by Gasteiger charge is 2.14. The maximum atomic E-state index is 5.97. The molecular weight excluding hydrogens is 475 g/mol. The van der Waals surface area contributed by atoms with Crippen LogP contribution in [0.3, 0.4) is 0 Å². The van der Waals surface area contributed by atoms with E-state index in [2.05, 4.69) is 32.6 Å². The van der Waals surface area contributed by atoms with Gasteiger partial charge in [-0.2, -0.15) is 0 Å². The van der Waals surface area contributed by atoms with E-state index in [0.29, 0.717) is 55.1 Å². The molecule has 0 fully saturated rings. The van der Waals surface area contributed by atoms with Gasteiger partial charge in [0.25, 0.3) is 0 Å². The highest BCUT2D eigenvalue weighted by atomic mass is 127. The van der Waals surface area contributed by atoms with Crippen LogP contribution in [0.4, 0.5) is 0 Å². The molecule has 1 heterocycles. The molecule has 0 N–H and O–H groups in total. The SMILES string of the molecule is COCCOc1cc2ncnc(Oc3ccc(I)cc3)c2cc1OCCOC. The number of methoxy groups -OCH3 is 2. The van der Waals surface area contributed by atoms with Gasteiger partial charge in [-0.1, -0.05) is 0 Å². The molecule has 0 aliphatic heterocycles. The first-order chi connectivity index (χ1) is 13.7. The predicted molar refractivity (Wildman–Crippen MR) is 114 cm³/mol. The molecule has 3 aromatic rings. The maximum absolute atomic E-state index is 5.97. The molecule has 7 nitrogen and oxygen atoms in total. The second-order valence-corrected chi connectivity index (χ2v) is 6.98. The number of rotatable bonds is 10. The molecule has 8 heteroatoms. The lowest BCUT2D eigenvalue weighted by Gasteiger charge is -2.15. The molecule has 0 saturated carbocycles. The van der Waals surface area contributed by atoms with Crippen LogP contribution < -0.4 is 14.2 Å². The first-order valence-electron chi connectivity index (χ1n) is 8.67. The normalized spacial score (nSPS) is 10.8. The van der Waals surface area contributed by atoms with E-state index in [1.165, 1.54) is 6.33 Å². The summed E-state index contributed by atoms with van der Waals surface area (Å²) in [5.74, 6) is 2.30. The third-order valence-electron chi connectivity index (χ3n) is 3.78. The van der Waals surface area contributed by atoms with Crippen molar-refractivity contribution in [1.82, 2.24) is 9.97 Å². The van der Waals surface area contributed by atoms with Crippen molar-refractivity contribution >= 4 is 33.5 Å². The Labute approximate surface area is 177 Å². The molecule has 0 radical (unpaired) electrons. The minimum Gasteiger partial charge on any atom is -0.487 e. The van der Waals surface area contributed by atoms with E-state index in [1.54, 1.807) is 14.2 Å². The van der Waals surface area contributed by atoms with Crippen molar-refractivity contribution in [2.75, 3.05) is 40.6 Å². The van der Waals surface area contributed by atoms with E-state index in [1.807, 2.05) is 36.4 Å². The Balaban J connectivity index is 1.94. The van der Waals surface area contributed by atoms with Gasteiger partial charge < -0.3 is 23.7 Å². The zero-order valence-corrected chi connectivity index (χ0v) is 17.8. The quantitative estimate of drug-likeness (QED) is 0.310. The molecule has 0 spiro atoms. The standard InChI is InChI=1S/C20H21IN2O5/c1-24-7-9-26-18-11-16-17(12-19(18)27-10-8-25-2)22-13-23-20(16)28-15-5-3-14(21)4-6-15/h3-6,11-13H,7-10H2,1-2H3. The fourth-order valence-corrected chi connectivity index (χ4v) is 2.79. The summed E-state index contributed by atoms with van der Waals surface area (Å²) in [6.07, 6.45) is 1.47. The van der Waals surface area contributed by atoms with Crippen molar-refractivity contribution < 1.29 is 23.7 Å².